The van der Waals surface area contributed by atoms with Crippen LogP contribution in [0.25, 0.3) is 0 Å². The van der Waals surface area contributed by atoms with Crippen molar-refractivity contribution in [2.24, 2.45) is 0 Å². The fourth-order valence-electron chi connectivity index (χ4n) is 2.11. The van der Waals surface area contributed by atoms with E-state index in [1.54, 1.807) is 18.3 Å². The first-order chi connectivity index (χ1) is 9.63. The van der Waals surface area contributed by atoms with Gasteiger partial charge in [-0.15, -0.1) is 11.3 Å². The highest BCUT2D eigenvalue weighted by Gasteiger charge is 2.31. The molecule has 0 saturated heterocycles. The predicted octanol–water partition coefficient (Wildman–Crippen LogP) is 2.71. The van der Waals surface area contributed by atoms with Gasteiger partial charge in [-0.25, -0.2) is 14.8 Å². The molecule has 0 unspecified atom stereocenters. The van der Waals surface area contributed by atoms with E-state index in [1.807, 2.05) is 11.4 Å². The largest absolute Gasteiger partial charge is 0.477 e. The van der Waals surface area contributed by atoms with Gasteiger partial charge in [0.05, 0.1) is 6.54 Å². The summed E-state index contributed by atoms with van der Waals surface area (Å²) in [7, 11) is 0. The third-order valence-corrected chi connectivity index (χ3v) is 4.07. The van der Waals surface area contributed by atoms with E-state index >= 15 is 0 Å². The quantitative estimate of drug-likeness (QED) is 0.916. The normalized spacial score (nSPS) is 14.2. The van der Waals surface area contributed by atoms with Crippen molar-refractivity contribution in [2.75, 3.05) is 4.90 Å². The van der Waals surface area contributed by atoms with Crippen molar-refractivity contribution in [1.29, 1.82) is 0 Å². The zero-order valence-electron chi connectivity index (χ0n) is 11.1. The number of aromatic nitrogens is 2. The van der Waals surface area contributed by atoms with Gasteiger partial charge in [0.1, 0.15) is 0 Å². The summed E-state index contributed by atoms with van der Waals surface area (Å²) in [6, 6.07) is 6.03. The molecule has 5 nitrogen and oxygen atoms in total. The average Bonchev–Trinajstić information content (AvgIpc) is 3.12. The Morgan fingerprint density at radius 3 is 2.90 bits per heavy atom. The molecule has 1 N–H and O–H groups in total. The summed E-state index contributed by atoms with van der Waals surface area (Å²) in [5.41, 5.74) is 0.744. The molecule has 2 aromatic heterocycles. The molecule has 0 bridgehead atoms. The molecule has 0 aliphatic heterocycles. The Morgan fingerprint density at radius 2 is 2.30 bits per heavy atom. The molecule has 0 aromatic carbocycles. The lowest BCUT2D eigenvalue weighted by Gasteiger charge is -2.22. The maximum Gasteiger partial charge on any atom is 0.354 e. The van der Waals surface area contributed by atoms with Crippen molar-refractivity contribution in [3.63, 3.8) is 0 Å². The van der Waals surface area contributed by atoms with E-state index in [0.29, 0.717) is 17.7 Å². The van der Waals surface area contributed by atoms with E-state index in [4.69, 9.17) is 5.11 Å². The Kier molecular flexibility index (Phi) is 3.40. The second kappa shape index (κ2) is 5.20. The highest BCUT2D eigenvalue weighted by molar-refractivity contribution is 7.09. The summed E-state index contributed by atoms with van der Waals surface area (Å²) >= 11 is 1.69. The van der Waals surface area contributed by atoms with Crippen LogP contribution in [0.1, 0.15) is 33.9 Å². The molecule has 0 atom stereocenters. The molecule has 2 aromatic rings. The number of rotatable bonds is 5. The number of carbonyl (C=O) groups is 1. The van der Waals surface area contributed by atoms with Crippen LogP contribution in [-0.4, -0.2) is 27.1 Å². The highest BCUT2D eigenvalue weighted by atomic mass is 32.1. The molecule has 0 amide bonds. The SMILES string of the molecule is Cc1cc(C(=O)O)nc(N(Cc2cccs2)C2CC2)n1. The van der Waals surface area contributed by atoms with Crippen LogP contribution in [0.3, 0.4) is 0 Å². The van der Waals surface area contributed by atoms with Crippen LogP contribution in [0.2, 0.25) is 0 Å². The minimum Gasteiger partial charge on any atom is -0.477 e. The smallest absolute Gasteiger partial charge is 0.354 e. The maximum atomic E-state index is 11.1. The summed E-state index contributed by atoms with van der Waals surface area (Å²) < 4.78 is 0. The summed E-state index contributed by atoms with van der Waals surface area (Å²) in [6.45, 7) is 2.54. The maximum absolute atomic E-state index is 11.1. The fraction of sp³-hybridized carbons (Fsp3) is 0.357. The van der Waals surface area contributed by atoms with Gasteiger partial charge in [-0.1, -0.05) is 6.07 Å². The molecule has 104 valence electrons. The molecule has 2 heterocycles. The lowest BCUT2D eigenvalue weighted by atomic mass is 10.3. The summed E-state index contributed by atoms with van der Waals surface area (Å²) in [6.07, 6.45) is 2.23. The number of hydrogen-bond donors (Lipinski definition) is 1. The van der Waals surface area contributed by atoms with Crippen LogP contribution in [0.15, 0.2) is 23.6 Å². The van der Waals surface area contributed by atoms with Gasteiger partial charge in [-0.2, -0.15) is 0 Å². The Bertz CT molecular complexity index is 623. The minimum atomic E-state index is -1.01. The number of aromatic carboxylic acids is 1. The molecule has 0 radical (unpaired) electrons. The lowest BCUT2D eigenvalue weighted by molar-refractivity contribution is 0.0690. The zero-order chi connectivity index (χ0) is 14.1. The Morgan fingerprint density at radius 1 is 1.50 bits per heavy atom. The monoisotopic (exact) mass is 289 g/mol. The van der Waals surface area contributed by atoms with Crippen molar-refractivity contribution in [1.82, 2.24) is 9.97 Å². The van der Waals surface area contributed by atoms with Crippen LogP contribution in [0, 0.1) is 6.92 Å². The Labute approximate surface area is 120 Å². The van der Waals surface area contributed by atoms with E-state index in [1.165, 1.54) is 10.9 Å². The predicted molar refractivity (Wildman–Crippen MR) is 77.3 cm³/mol. The van der Waals surface area contributed by atoms with Gasteiger partial charge < -0.3 is 10.0 Å². The van der Waals surface area contributed by atoms with E-state index < -0.39 is 5.97 Å². The molecule has 20 heavy (non-hydrogen) atoms. The number of nitrogens with zero attached hydrogens (tertiary/aromatic N) is 3. The first-order valence-corrected chi connectivity index (χ1v) is 7.39. The molecule has 1 fully saturated rings. The van der Waals surface area contributed by atoms with Crippen LogP contribution in [-0.2, 0) is 6.54 Å². The van der Waals surface area contributed by atoms with Crippen molar-refractivity contribution in [3.8, 4) is 0 Å². The molecule has 1 saturated carbocycles. The number of anilines is 1. The lowest BCUT2D eigenvalue weighted by Crippen LogP contribution is -2.27. The van der Waals surface area contributed by atoms with Crippen LogP contribution in [0.5, 0.6) is 0 Å². The van der Waals surface area contributed by atoms with Crippen LogP contribution in [0.4, 0.5) is 5.95 Å². The van der Waals surface area contributed by atoms with E-state index in [-0.39, 0.29) is 5.69 Å². The number of thiophene rings is 1. The van der Waals surface area contributed by atoms with Crippen molar-refractivity contribution in [3.05, 3.63) is 39.8 Å². The molecule has 3 rings (SSSR count). The number of carboxylic acid groups (broad SMARTS) is 1. The second-order valence-electron chi connectivity index (χ2n) is 4.94. The topological polar surface area (TPSA) is 66.3 Å². The van der Waals surface area contributed by atoms with Crippen LogP contribution >= 0.6 is 11.3 Å². The van der Waals surface area contributed by atoms with Gasteiger partial charge in [0.25, 0.3) is 0 Å². The average molecular weight is 289 g/mol. The van der Waals surface area contributed by atoms with Gasteiger partial charge in [-0.05, 0) is 37.3 Å². The van der Waals surface area contributed by atoms with Gasteiger partial charge in [0, 0.05) is 16.6 Å². The standard InChI is InChI=1S/C14H15N3O2S/c1-9-7-12(13(18)19)16-14(15-9)17(10-4-5-10)8-11-3-2-6-20-11/h2-3,6-7,10H,4-5,8H2,1H3,(H,18,19). The Hall–Kier alpha value is -1.95. The zero-order valence-corrected chi connectivity index (χ0v) is 11.9. The van der Waals surface area contributed by atoms with E-state index in [9.17, 15) is 4.79 Å². The third kappa shape index (κ3) is 2.80. The number of aryl methyl sites for hydroxylation is 1. The first-order valence-electron chi connectivity index (χ1n) is 6.51. The van der Waals surface area contributed by atoms with Gasteiger partial charge >= 0.3 is 5.97 Å². The summed E-state index contributed by atoms with van der Waals surface area (Å²) in [5, 5.41) is 11.2. The van der Waals surface area contributed by atoms with E-state index in [0.717, 1.165) is 19.4 Å². The molecular weight excluding hydrogens is 274 g/mol. The molecule has 6 heteroatoms. The summed E-state index contributed by atoms with van der Waals surface area (Å²) in [5.74, 6) is -0.484. The number of hydrogen-bond acceptors (Lipinski definition) is 5. The molecule has 1 aliphatic rings. The van der Waals surface area contributed by atoms with Crippen molar-refractivity contribution < 1.29 is 9.90 Å². The van der Waals surface area contributed by atoms with Crippen LogP contribution < -0.4 is 4.90 Å². The minimum absolute atomic E-state index is 0.0596. The Balaban J connectivity index is 1.93. The summed E-state index contributed by atoms with van der Waals surface area (Å²) in [4.78, 5) is 23.1. The highest BCUT2D eigenvalue weighted by Crippen LogP contribution is 2.32. The first kappa shape index (κ1) is 13.1. The molecule has 1 aliphatic carbocycles. The fourth-order valence-corrected chi connectivity index (χ4v) is 2.81. The van der Waals surface area contributed by atoms with Gasteiger partial charge in [-0.3, -0.25) is 0 Å². The second-order valence-corrected chi connectivity index (χ2v) is 5.97. The van der Waals surface area contributed by atoms with Crippen molar-refractivity contribution in [2.45, 2.75) is 32.4 Å². The van der Waals surface area contributed by atoms with Gasteiger partial charge in [0.2, 0.25) is 5.95 Å². The van der Waals surface area contributed by atoms with Crippen molar-refractivity contribution >= 4 is 23.3 Å². The molecule has 0 spiro atoms. The molecular formula is C14H15N3O2S. The van der Waals surface area contributed by atoms with E-state index in [2.05, 4.69) is 20.9 Å². The van der Waals surface area contributed by atoms with Gasteiger partial charge in [0.15, 0.2) is 5.69 Å². The number of carboxylic acids is 1. The third-order valence-electron chi connectivity index (χ3n) is 3.21.